The highest BCUT2D eigenvalue weighted by Crippen LogP contribution is 2.33. The molecule has 3 atom stereocenters. The Morgan fingerprint density at radius 2 is 1.80 bits per heavy atom. The minimum Gasteiger partial charge on any atom is -0.373 e. The lowest BCUT2D eigenvalue weighted by Crippen LogP contribution is -2.37. The van der Waals surface area contributed by atoms with E-state index in [4.69, 9.17) is 14.2 Å². The van der Waals surface area contributed by atoms with Gasteiger partial charge in [-0.1, -0.05) is 56.3 Å². The predicted octanol–water partition coefficient (Wildman–Crippen LogP) is 5.55. The molecule has 0 bridgehead atoms. The number of rotatable bonds is 10. The van der Waals surface area contributed by atoms with Crippen LogP contribution in [0, 0.1) is 5.82 Å². The van der Waals surface area contributed by atoms with E-state index in [2.05, 4.69) is 9.97 Å². The number of hydrogen-bond acceptors (Lipinski definition) is 7. The van der Waals surface area contributed by atoms with E-state index >= 15 is 0 Å². The molecule has 3 unspecified atom stereocenters. The number of ether oxygens (including phenoxy) is 3. The second-order valence-corrected chi connectivity index (χ2v) is 12.2. The van der Waals surface area contributed by atoms with Gasteiger partial charge in [-0.3, -0.25) is 0 Å². The second kappa shape index (κ2) is 13.0. The fourth-order valence-electron chi connectivity index (χ4n) is 4.48. The van der Waals surface area contributed by atoms with Crippen LogP contribution in [0.2, 0.25) is 0 Å². The number of halogens is 1. The van der Waals surface area contributed by atoms with Gasteiger partial charge in [0.05, 0.1) is 36.5 Å². The summed E-state index contributed by atoms with van der Waals surface area (Å²) in [6, 6.07) is 15.9. The Balaban J connectivity index is 1.69. The molecular weight excluding hydrogens is 533 g/mol. The smallest absolute Gasteiger partial charge is 0.239 e. The summed E-state index contributed by atoms with van der Waals surface area (Å²) in [5, 5.41) is 0. The van der Waals surface area contributed by atoms with Crippen molar-refractivity contribution in [2.24, 2.45) is 0 Å². The monoisotopic (exact) mass is 569 g/mol. The zero-order chi connectivity index (χ0) is 28.9. The molecule has 8 nitrogen and oxygen atoms in total. The fourth-order valence-corrected chi connectivity index (χ4v) is 4.85. The standard InChI is InChI=1S/C30H36FN3O5S/c1-20(2)28-26(29(22-11-13-23(31)14-12-22)33-30(32-28)34(3)40(5,35)36)16-15-24-17-25(18-27(37-4)39-24)38-19-21-9-7-6-8-10-21/h6-16,20,24-25,27H,17-19H2,1-5H3. The van der Waals surface area contributed by atoms with E-state index in [0.29, 0.717) is 42.0 Å². The van der Waals surface area contributed by atoms with Crippen molar-refractivity contribution in [1.82, 2.24) is 9.97 Å². The topological polar surface area (TPSA) is 90.9 Å². The maximum atomic E-state index is 13.8. The highest BCUT2D eigenvalue weighted by Gasteiger charge is 2.29. The van der Waals surface area contributed by atoms with Crippen molar-refractivity contribution in [2.45, 2.75) is 57.7 Å². The average molecular weight is 570 g/mol. The summed E-state index contributed by atoms with van der Waals surface area (Å²) < 4.78 is 57.3. The highest BCUT2D eigenvalue weighted by atomic mass is 32.2. The van der Waals surface area contributed by atoms with Gasteiger partial charge in [0.25, 0.3) is 0 Å². The summed E-state index contributed by atoms with van der Waals surface area (Å²) in [4.78, 5) is 9.26. The van der Waals surface area contributed by atoms with E-state index in [1.54, 1.807) is 19.2 Å². The van der Waals surface area contributed by atoms with Crippen LogP contribution in [-0.4, -0.2) is 57.3 Å². The summed E-state index contributed by atoms with van der Waals surface area (Å²) >= 11 is 0. The Morgan fingerprint density at radius 3 is 2.42 bits per heavy atom. The maximum Gasteiger partial charge on any atom is 0.239 e. The minimum atomic E-state index is -3.60. The first-order chi connectivity index (χ1) is 19.0. The maximum absolute atomic E-state index is 13.8. The van der Waals surface area contributed by atoms with E-state index < -0.39 is 16.3 Å². The van der Waals surface area contributed by atoms with Gasteiger partial charge in [-0.25, -0.2) is 27.1 Å². The Labute approximate surface area is 235 Å². The zero-order valence-electron chi connectivity index (χ0n) is 23.5. The van der Waals surface area contributed by atoms with Gasteiger partial charge < -0.3 is 14.2 Å². The normalized spacial score (nSPS) is 19.8. The van der Waals surface area contributed by atoms with Crippen LogP contribution in [-0.2, 0) is 30.8 Å². The van der Waals surface area contributed by atoms with Gasteiger partial charge in [0.1, 0.15) is 5.82 Å². The van der Waals surface area contributed by atoms with Crippen LogP contribution in [0.4, 0.5) is 10.3 Å². The molecule has 1 aliphatic heterocycles. The van der Waals surface area contributed by atoms with Crippen LogP contribution < -0.4 is 4.31 Å². The molecule has 1 fully saturated rings. The van der Waals surface area contributed by atoms with Crippen molar-refractivity contribution in [1.29, 1.82) is 0 Å². The number of nitrogens with zero attached hydrogens (tertiary/aromatic N) is 3. The predicted molar refractivity (Wildman–Crippen MR) is 154 cm³/mol. The van der Waals surface area contributed by atoms with Gasteiger partial charge in [-0.05, 0) is 35.7 Å². The highest BCUT2D eigenvalue weighted by molar-refractivity contribution is 7.92. The second-order valence-electron chi connectivity index (χ2n) is 10.2. The summed E-state index contributed by atoms with van der Waals surface area (Å²) in [5.41, 5.74) is 3.59. The fraction of sp³-hybridized carbons (Fsp3) is 0.400. The van der Waals surface area contributed by atoms with Gasteiger partial charge in [0.15, 0.2) is 6.29 Å². The van der Waals surface area contributed by atoms with Crippen LogP contribution in [0.3, 0.4) is 0 Å². The summed E-state index contributed by atoms with van der Waals surface area (Å²) in [6.07, 6.45) is 5.36. The van der Waals surface area contributed by atoms with Gasteiger partial charge in [-0.2, -0.15) is 0 Å². The molecule has 214 valence electrons. The molecule has 40 heavy (non-hydrogen) atoms. The average Bonchev–Trinajstić information content (AvgIpc) is 2.94. The van der Waals surface area contributed by atoms with Crippen molar-refractivity contribution in [3.05, 3.63) is 83.3 Å². The number of aromatic nitrogens is 2. The number of sulfonamides is 1. The molecule has 1 saturated heterocycles. The van der Waals surface area contributed by atoms with Crippen molar-refractivity contribution < 1.29 is 27.0 Å². The van der Waals surface area contributed by atoms with E-state index in [1.807, 2.05) is 56.3 Å². The lowest BCUT2D eigenvalue weighted by Gasteiger charge is -2.33. The van der Waals surface area contributed by atoms with E-state index in [0.717, 1.165) is 16.1 Å². The summed E-state index contributed by atoms with van der Waals surface area (Å²) in [6.45, 7) is 4.45. The van der Waals surface area contributed by atoms with Gasteiger partial charge in [0, 0.05) is 38.1 Å². The van der Waals surface area contributed by atoms with Crippen molar-refractivity contribution >= 4 is 22.0 Å². The third-order valence-electron chi connectivity index (χ3n) is 6.75. The third kappa shape index (κ3) is 7.51. The quantitative estimate of drug-likeness (QED) is 0.316. The van der Waals surface area contributed by atoms with E-state index in [-0.39, 0.29) is 29.9 Å². The lowest BCUT2D eigenvalue weighted by atomic mass is 9.96. The molecule has 0 N–H and O–H groups in total. The van der Waals surface area contributed by atoms with Crippen LogP contribution in [0.5, 0.6) is 0 Å². The molecule has 4 rings (SSSR count). The lowest BCUT2D eigenvalue weighted by molar-refractivity contribution is -0.200. The molecule has 2 heterocycles. The Bertz CT molecular complexity index is 1420. The molecule has 1 aliphatic rings. The SMILES string of the molecule is COC1CC(OCc2ccccc2)CC(C=Cc2c(-c3ccc(F)cc3)nc(N(C)S(C)(=O)=O)nc2C(C)C)O1. The Morgan fingerprint density at radius 1 is 1.10 bits per heavy atom. The van der Waals surface area contributed by atoms with Crippen LogP contribution in [0.1, 0.15) is 49.4 Å². The van der Waals surface area contributed by atoms with E-state index in [1.165, 1.54) is 19.2 Å². The van der Waals surface area contributed by atoms with Crippen LogP contribution in [0.25, 0.3) is 17.3 Å². The molecule has 0 aliphatic carbocycles. The molecule has 10 heteroatoms. The number of methoxy groups -OCH3 is 1. The molecule has 0 radical (unpaired) electrons. The van der Waals surface area contributed by atoms with Gasteiger partial charge in [0.2, 0.25) is 16.0 Å². The molecule has 2 aromatic carbocycles. The van der Waals surface area contributed by atoms with Gasteiger partial charge in [-0.15, -0.1) is 0 Å². The number of anilines is 1. The molecule has 0 spiro atoms. The zero-order valence-corrected chi connectivity index (χ0v) is 24.3. The third-order valence-corrected chi connectivity index (χ3v) is 7.91. The van der Waals surface area contributed by atoms with Crippen molar-refractivity contribution in [2.75, 3.05) is 24.7 Å². The first-order valence-electron chi connectivity index (χ1n) is 13.2. The van der Waals surface area contributed by atoms with E-state index in [9.17, 15) is 12.8 Å². The van der Waals surface area contributed by atoms with Crippen LogP contribution >= 0.6 is 0 Å². The van der Waals surface area contributed by atoms with Crippen molar-refractivity contribution in [3.8, 4) is 11.3 Å². The molecule has 1 aromatic heterocycles. The summed E-state index contributed by atoms with van der Waals surface area (Å²) in [7, 11) is -0.582. The number of benzene rings is 2. The minimum absolute atomic E-state index is 0.0467. The molecular formula is C30H36FN3O5S. The Kier molecular flexibility index (Phi) is 9.68. The van der Waals surface area contributed by atoms with Gasteiger partial charge >= 0.3 is 0 Å². The Hall–Kier alpha value is -3.18. The first-order valence-corrected chi connectivity index (χ1v) is 15.0. The van der Waals surface area contributed by atoms with Crippen LogP contribution in [0.15, 0.2) is 60.7 Å². The molecule has 0 amide bonds. The first kappa shape index (κ1) is 29.8. The number of hydrogen-bond donors (Lipinski definition) is 0. The summed E-state index contributed by atoms with van der Waals surface area (Å²) in [5.74, 6) is -0.393. The largest absolute Gasteiger partial charge is 0.373 e. The van der Waals surface area contributed by atoms with Crippen molar-refractivity contribution in [3.63, 3.8) is 0 Å². The molecule has 0 saturated carbocycles. The molecule has 3 aromatic rings.